The Hall–Kier alpha value is -0.660. The monoisotopic (exact) mass is 334 g/mol. The highest BCUT2D eigenvalue weighted by Gasteiger charge is 2.15. The lowest BCUT2D eigenvalue weighted by Crippen LogP contribution is -2.28. The van der Waals surface area contributed by atoms with Gasteiger partial charge in [-0.25, -0.2) is 13.1 Å². The van der Waals surface area contributed by atoms with E-state index < -0.39 is 10.0 Å². The molecular weight excluding hydrogens is 312 g/mol. The SMILES string of the molecule is CNCc1cc(S(=O)(=O)NCCOCC(C)C)ccc1Cl. The summed E-state index contributed by atoms with van der Waals surface area (Å²) in [5, 5.41) is 3.50. The minimum atomic E-state index is -3.53. The van der Waals surface area contributed by atoms with E-state index in [-0.39, 0.29) is 11.4 Å². The van der Waals surface area contributed by atoms with E-state index in [0.29, 0.717) is 30.7 Å². The molecule has 0 heterocycles. The molecule has 0 fully saturated rings. The lowest BCUT2D eigenvalue weighted by atomic mass is 10.2. The van der Waals surface area contributed by atoms with E-state index in [9.17, 15) is 8.42 Å². The minimum absolute atomic E-state index is 0.209. The summed E-state index contributed by atoms with van der Waals surface area (Å²) < 4.78 is 32.2. The van der Waals surface area contributed by atoms with Crippen molar-refractivity contribution < 1.29 is 13.2 Å². The lowest BCUT2D eigenvalue weighted by molar-refractivity contribution is 0.114. The highest BCUT2D eigenvalue weighted by molar-refractivity contribution is 7.89. The Labute approximate surface area is 132 Å². The van der Waals surface area contributed by atoms with E-state index in [4.69, 9.17) is 16.3 Å². The first-order chi connectivity index (χ1) is 9.86. The average Bonchev–Trinajstić information content (AvgIpc) is 2.40. The van der Waals surface area contributed by atoms with Gasteiger partial charge in [-0.05, 0) is 36.7 Å². The van der Waals surface area contributed by atoms with Gasteiger partial charge in [-0.3, -0.25) is 0 Å². The van der Waals surface area contributed by atoms with Gasteiger partial charge < -0.3 is 10.1 Å². The number of sulfonamides is 1. The summed E-state index contributed by atoms with van der Waals surface area (Å²) in [4.78, 5) is 0.209. The summed E-state index contributed by atoms with van der Waals surface area (Å²) in [6.07, 6.45) is 0. The molecule has 120 valence electrons. The summed E-state index contributed by atoms with van der Waals surface area (Å²) >= 11 is 6.03. The van der Waals surface area contributed by atoms with E-state index in [2.05, 4.69) is 10.0 Å². The second-order valence-electron chi connectivity index (χ2n) is 5.15. The Morgan fingerprint density at radius 3 is 2.67 bits per heavy atom. The summed E-state index contributed by atoms with van der Waals surface area (Å²) in [7, 11) is -1.76. The van der Waals surface area contributed by atoms with Crippen LogP contribution in [0.1, 0.15) is 19.4 Å². The predicted molar refractivity (Wildman–Crippen MR) is 85.1 cm³/mol. The second-order valence-corrected chi connectivity index (χ2v) is 7.32. The molecule has 0 saturated carbocycles. The number of benzene rings is 1. The zero-order valence-electron chi connectivity index (χ0n) is 12.6. The van der Waals surface area contributed by atoms with Crippen molar-refractivity contribution in [1.29, 1.82) is 0 Å². The smallest absolute Gasteiger partial charge is 0.240 e. The van der Waals surface area contributed by atoms with Crippen molar-refractivity contribution in [3.05, 3.63) is 28.8 Å². The quantitative estimate of drug-likeness (QED) is 0.678. The van der Waals surface area contributed by atoms with Crippen molar-refractivity contribution >= 4 is 21.6 Å². The molecule has 0 amide bonds. The summed E-state index contributed by atoms with van der Waals surface area (Å²) in [6, 6.07) is 4.67. The van der Waals surface area contributed by atoms with Crippen LogP contribution < -0.4 is 10.0 Å². The Kier molecular flexibility index (Phi) is 7.62. The molecular formula is C14H23ClN2O3S. The first-order valence-corrected chi connectivity index (χ1v) is 8.73. The Morgan fingerprint density at radius 2 is 2.05 bits per heavy atom. The van der Waals surface area contributed by atoms with Crippen LogP contribution in [0.3, 0.4) is 0 Å². The fourth-order valence-electron chi connectivity index (χ4n) is 1.69. The zero-order valence-corrected chi connectivity index (χ0v) is 14.2. The Morgan fingerprint density at radius 1 is 1.33 bits per heavy atom. The molecule has 0 radical (unpaired) electrons. The number of hydrogen-bond acceptors (Lipinski definition) is 4. The van der Waals surface area contributed by atoms with Crippen LogP contribution in [0, 0.1) is 5.92 Å². The molecule has 1 aromatic carbocycles. The molecule has 0 aliphatic heterocycles. The van der Waals surface area contributed by atoms with E-state index in [0.717, 1.165) is 5.56 Å². The van der Waals surface area contributed by atoms with Crippen molar-refractivity contribution in [2.75, 3.05) is 26.8 Å². The van der Waals surface area contributed by atoms with Crippen LogP contribution in [-0.2, 0) is 21.3 Å². The molecule has 2 N–H and O–H groups in total. The second kappa shape index (κ2) is 8.70. The molecule has 7 heteroatoms. The van der Waals surface area contributed by atoms with Crippen LogP contribution in [-0.4, -0.2) is 35.2 Å². The van der Waals surface area contributed by atoms with Gasteiger partial charge in [0.05, 0.1) is 11.5 Å². The van der Waals surface area contributed by atoms with Crippen LogP contribution in [0.5, 0.6) is 0 Å². The summed E-state index contributed by atoms with van der Waals surface area (Å²) in [5.74, 6) is 0.432. The fourth-order valence-corrected chi connectivity index (χ4v) is 2.94. The molecule has 1 rings (SSSR count). The highest BCUT2D eigenvalue weighted by atomic mass is 35.5. The van der Waals surface area contributed by atoms with Gasteiger partial charge in [0, 0.05) is 24.7 Å². The highest BCUT2D eigenvalue weighted by Crippen LogP contribution is 2.20. The number of halogens is 1. The molecule has 0 saturated heterocycles. The number of ether oxygens (including phenoxy) is 1. The third-order valence-corrected chi connectivity index (χ3v) is 4.51. The Bertz CT molecular complexity index is 547. The number of hydrogen-bond donors (Lipinski definition) is 2. The maximum absolute atomic E-state index is 12.2. The van der Waals surface area contributed by atoms with E-state index in [1.807, 2.05) is 13.8 Å². The van der Waals surface area contributed by atoms with Crippen molar-refractivity contribution in [3.8, 4) is 0 Å². The molecule has 0 aliphatic carbocycles. The maximum atomic E-state index is 12.2. The van der Waals surface area contributed by atoms with Gasteiger partial charge in [-0.1, -0.05) is 25.4 Å². The summed E-state index contributed by atoms with van der Waals surface area (Å²) in [6.45, 7) is 5.82. The largest absolute Gasteiger partial charge is 0.380 e. The predicted octanol–water partition coefficient (Wildman–Crippen LogP) is 2.01. The molecule has 0 unspecified atom stereocenters. The minimum Gasteiger partial charge on any atom is -0.380 e. The van der Waals surface area contributed by atoms with Gasteiger partial charge in [-0.2, -0.15) is 0 Å². The molecule has 0 atom stereocenters. The van der Waals surface area contributed by atoms with E-state index >= 15 is 0 Å². The van der Waals surface area contributed by atoms with Crippen LogP contribution in [0.2, 0.25) is 5.02 Å². The van der Waals surface area contributed by atoms with Crippen molar-refractivity contribution in [2.24, 2.45) is 5.92 Å². The average molecular weight is 335 g/mol. The van der Waals surface area contributed by atoms with Crippen LogP contribution in [0.25, 0.3) is 0 Å². The van der Waals surface area contributed by atoms with Gasteiger partial charge in [0.15, 0.2) is 0 Å². The molecule has 21 heavy (non-hydrogen) atoms. The van der Waals surface area contributed by atoms with Crippen LogP contribution in [0.4, 0.5) is 0 Å². The van der Waals surface area contributed by atoms with Crippen molar-refractivity contribution in [2.45, 2.75) is 25.3 Å². The maximum Gasteiger partial charge on any atom is 0.240 e. The third kappa shape index (κ3) is 6.32. The molecule has 0 aliphatic rings. The first-order valence-electron chi connectivity index (χ1n) is 6.87. The Balaban J connectivity index is 2.63. The third-order valence-electron chi connectivity index (χ3n) is 2.68. The molecule has 1 aromatic rings. The fraction of sp³-hybridized carbons (Fsp3) is 0.571. The van der Waals surface area contributed by atoms with E-state index in [1.165, 1.54) is 6.07 Å². The van der Waals surface area contributed by atoms with Crippen molar-refractivity contribution in [3.63, 3.8) is 0 Å². The molecule has 5 nitrogen and oxygen atoms in total. The molecule has 0 aromatic heterocycles. The first kappa shape index (κ1) is 18.4. The van der Waals surface area contributed by atoms with Gasteiger partial charge in [0.2, 0.25) is 10.0 Å². The number of rotatable bonds is 9. The van der Waals surface area contributed by atoms with Crippen molar-refractivity contribution in [1.82, 2.24) is 10.0 Å². The standard InChI is InChI=1S/C14H23ClN2O3S/c1-11(2)10-20-7-6-17-21(18,19)13-4-5-14(15)12(8-13)9-16-3/h4-5,8,11,16-17H,6-7,9-10H2,1-3H3. The van der Waals surface area contributed by atoms with Crippen LogP contribution >= 0.6 is 11.6 Å². The number of nitrogens with one attached hydrogen (secondary N) is 2. The lowest BCUT2D eigenvalue weighted by Gasteiger charge is -2.10. The van der Waals surface area contributed by atoms with Crippen LogP contribution in [0.15, 0.2) is 23.1 Å². The topological polar surface area (TPSA) is 67.4 Å². The zero-order chi connectivity index (χ0) is 15.9. The van der Waals surface area contributed by atoms with Gasteiger partial charge in [-0.15, -0.1) is 0 Å². The van der Waals surface area contributed by atoms with Gasteiger partial charge >= 0.3 is 0 Å². The van der Waals surface area contributed by atoms with Gasteiger partial charge in [0.1, 0.15) is 0 Å². The normalized spacial score (nSPS) is 12.0. The summed E-state index contributed by atoms with van der Waals surface area (Å²) in [5.41, 5.74) is 0.748. The van der Waals surface area contributed by atoms with Gasteiger partial charge in [0.25, 0.3) is 0 Å². The van der Waals surface area contributed by atoms with E-state index in [1.54, 1.807) is 19.2 Å². The molecule has 0 bridgehead atoms. The molecule has 0 spiro atoms.